The molecule has 0 saturated carbocycles. The van der Waals surface area contributed by atoms with Gasteiger partial charge in [0.1, 0.15) is 10.7 Å². The van der Waals surface area contributed by atoms with Crippen molar-refractivity contribution < 1.29 is 19.6 Å². The number of hydrogen-bond donors (Lipinski definition) is 3. The third kappa shape index (κ3) is 3.15. The lowest BCUT2D eigenvalue weighted by atomic mass is 10.2. The van der Waals surface area contributed by atoms with Crippen LogP contribution >= 0.6 is 11.6 Å². The second-order valence-corrected chi connectivity index (χ2v) is 4.26. The van der Waals surface area contributed by atoms with Crippen molar-refractivity contribution in [2.24, 2.45) is 0 Å². The van der Waals surface area contributed by atoms with Crippen LogP contribution in [-0.2, 0) is 0 Å². The normalized spacial score (nSPS) is 10.1. The summed E-state index contributed by atoms with van der Waals surface area (Å²) < 4.78 is 0. The van der Waals surface area contributed by atoms with Crippen molar-refractivity contribution in [3.05, 3.63) is 50.7 Å². The molecule has 0 atom stereocenters. The number of aromatic carboxylic acids is 1. The first-order valence-corrected chi connectivity index (χ1v) is 5.80. The molecule has 0 aliphatic heterocycles. The van der Waals surface area contributed by atoms with Crippen LogP contribution in [0.4, 0.5) is 11.5 Å². The van der Waals surface area contributed by atoms with Crippen molar-refractivity contribution in [3.63, 3.8) is 0 Å². The topological polar surface area (TPSA) is 138 Å². The minimum atomic E-state index is -1.22. The van der Waals surface area contributed by atoms with E-state index in [-0.39, 0.29) is 27.8 Å². The van der Waals surface area contributed by atoms with Crippen molar-refractivity contribution in [2.45, 2.75) is 0 Å². The molecule has 1 amide bonds. The Bertz CT molecular complexity index is 742. The van der Waals surface area contributed by atoms with Crippen LogP contribution in [0.25, 0.3) is 0 Å². The van der Waals surface area contributed by atoms with E-state index in [9.17, 15) is 19.7 Å². The number of nitro benzene ring substituents is 1. The Kier molecular flexibility index (Phi) is 3.85. The van der Waals surface area contributed by atoms with E-state index in [2.05, 4.69) is 15.5 Å². The number of hydrogen-bond acceptors (Lipinski definition) is 5. The van der Waals surface area contributed by atoms with Crippen LogP contribution in [0.2, 0.25) is 5.02 Å². The Morgan fingerprint density at radius 3 is 2.62 bits per heavy atom. The first-order chi connectivity index (χ1) is 9.88. The van der Waals surface area contributed by atoms with Gasteiger partial charge in [0, 0.05) is 17.7 Å². The molecule has 3 N–H and O–H groups in total. The quantitative estimate of drug-likeness (QED) is 0.582. The highest BCUT2D eigenvalue weighted by molar-refractivity contribution is 6.33. The smallest absolute Gasteiger partial charge is 0.353 e. The monoisotopic (exact) mass is 310 g/mol. The number of aromatic amines is 1. The molecule has 0 fully saturated rings. The summed E-state index contributed by atoms with van der Waals surface area (Å²) in [6, 6.07) is 4.60. The second kappa shape index (κ2) is 5.59. The van der Waals surface area contributed by atoms with Gasteiger partial charge >= 0.3 is 5.97 Å². The van der Waals surface area contributed by atoms with Gasteiger partial charge in [-0.3, -0.25) is 20.0 Å². The molecule has 1 aromatic heterocycles. The molecule has 0 aliphatic rings. The van der Waals surface area contributed by atoms with Crippen LogP contribution < -0.4 is 5.32 Å². The van der Waals surface area contributed by atoms with Gasteiger partial charge in [-0.2, -0.15) is 5.10 Å². The first kappa shape index (κ1) is 14.5. The largest absolute Gasteiger partial charge is 0.477 e. The van der Waals surface area contributed by atoms with Gasteiger partial charge in [0.25, 0.3) is 11.6 Å². The lowest BCUT2D eigenvalue weighted by molar-refractivity contribution is -0.384. The molecule has 0 aliphatic carbocycles. The molecule has 10 heteroatoms. The number of H-pyrrole nitrogens is 1. The number of carboxylic acids is 1. The van der Waals surface area contributed by atoms with Crippen molar-refractivity contribution in [1.82, 2.24) is 10.2 Å². The molecule has 0 saturated heterocycles. The molecule has 108 valence electrons. The highest BCUT2D eigenvalue weighted by atomic mass is 35.5. The molecular formula is C11H7ClN4O5. The van der Waals surface area contributed by atoms with Gasteiger partial charge in [0.05, 0.1) is 4.92 Å². The van der Waals surface area contributed by atoms with Gasteiger partial charge < -0.3 is 10.4 Å². The van der Waals surface area contributed by atoms with Crippen molar-refractivity contribution in [1.29, 1.82) is 0 Å². The van der Waals surface area contributed by atoms with E-state index < -0.39 is 16.8 Å². The third-order valence-electron chi connectivity index (χ3n) is 2.46. The van der Waals surface area contributed by atoms with E-state index in [1.54, 1.807) is 0 Å². The standard InChI is InChI=1S/C11H7ClN4O5/c12-6-3-5(1-2-8(6)16(20)21)10(17)13-9-4-7(11(18)19)14-15-9/h1-4H,(H,18,19)(H2,13,14,15,17). The number of carbonyl (C=O) groups excluding carboxylic acids is 1. The average Bonchev–Trinajstić information content (AvgIpc) is 2.86. The van der Waals surface area contributed by atoms with E-state index in [4.69, 9.17) is 16.7 Å². The number of nitro groups is 1. The van der Waals surface area contributed by atoms with Crippen molar-refractivity contribution in [2.75, 3.05) is 5.32 Å². The Morgan fingerprint density at radius 2 is 2.10 bits per heavy atom. The molecule has 9 nitrogen and oxygen atoms in total. The van der Waals surface area contributed by atoms with Crippen molar-refractivity contribution in [3.8, 4) is 0 Å². The zero-order valence-electron chi connectivity index (χ0n) is 10.2. The van der Waals surface area contributed by atoms with Crippen LogP contribution in [-0.4, -0.2) is 32.1 Å². The summed E-state index contributed by atoms with van der Waals surface area (Å²) in [5.41, 5.74) is -0.432. The Balaban J connectivity index is 2.18. The molecule has 2 aromatic rings. The number of nitrogens with one attached hydrogen (secondary N) is 2. The molecule has 1 aromatic carbocycles. The number of carbonyl (C=O) groups is 2. The number of nitrogens with zero attached hydrogens (tertiary/aromatic N) is 2. The maximum absolute atomic E-state index is 11.9. The van der Waals surface area contributed by atoms with Crippen molar-refractivity contribution >= 4 is 35.0 Å². The van der Waals surface area contributed by atoms with Crippen LogP contribution in [0, 0.1) is 10.1 Å². The molecule has 2 rings (SSSR count). The highest BCUT2D eigenvalue weighted by Crippen LogP contribution is 2.25. The van der Waals surface area contributed by atoms with E-state index >= 15 is 0 Å². The zero-order valence-corrected chi connectivity index (χ0v) is 10.9. The fourth-order valence-electron chi connectivity index (χ4n) is 1.48. The Morgan fingerprint density at radius 1 is 1.38 bits per heavy atom. The van der Waals surface area contributed by atoms with E-state index in [0.29, 0.717) is 0 Å². The van der Waals surface area contributed by atoms with E-state index in [0.717, 1.165) is 18.2 Å². The maximum atomic E-state index is 11.9. The number of anilines is 1. The van der Waals surface area contributed by atoms with Gasteiger partial charge in [-0.15, -0.1) is 0 Å². The van der Waals surface area contributed by atoms with Gasteiger partial charge in [0.15, 0.2) is 5.82 Å². The number of aromatic nitrogens is 2. The summed E-state index contributed by atoms with van der Waals surface area (Å²) in [6.07, 6.45) is 0. The predicted octanol–water partition coefficient (Wildman–Crippen LogP) is 1.92. The highest BCUT2D eigenvalue weighted by Gasteiger charge is 2.16. The molecule has 0 unspecified atom stereocenters. The molecule has 0 spiro atoms. The van der Waals surface area contributed by atoms with Gasteiger partial charge in [0.2, 0.25) is 0 Å². The van der Waals surface area contributed by atoms with Gasteiger partial charge in [-0.05, 0) is 12.1 Å². The number of benzene rings is 1. The summed E-state index contributed by atoms with van der Waals surface area (Å²) in [7, 11) is 0. The lowest BCUT2D eigenvalue weighted by Crippen LogP contribution is -2.12. The van der Waals surface area contributed by atoms with Crippen LogP contribution in [0.15, 0.2) is 24.3 Å². The van der Waals surface area contributed by atoms with Crippen LogP contribution in [0.5, 0.6) is 0 Å². The second-order valence-electron chi connectivity index (χ2n) is 3.85. The number of halogens is 1. The average molecular weight is 311 g/mol. The summed E-state index contributed by atoms with van der Waals surface area (Å²) in [4.78, 5) is 32.5. The first-order valence-electron chi connectivity index (χ1n) is 5.42. The number of amides is 1. The fourth-order valence-corrected chi connectivity index (χ4v) is 1.73. The molecule has 21 heavy (non-hydrogen) atoms. The summed E-state index contributed by atoms with van der Waals surface area (Å²) in [5.74, 6) is -1.84. The fraction of sp³-hybridized carbons (Fsp3) is 0. The molecule has 0 radical (unpaired) electrons. The van der Waals surface area contributed by atoms with Crippen LogP contribution in [0.3, 0.4) is 0 Å². The Labute approximate surface area is 121 Å². The summed E-state index contributed by atoms with van der Waals surface area (Å²) in [6.45, 7) is 0. The predicted molar refractivity (Wildman–Crippen MR) is 71.6 cm³/mol. The Hall–Kier alpha value is -2.94. The lowest BCUT2D eigenvalue weighted by Gasteiger charge is -2.02. The molecule has 0 bridgehead atoms. The van der Waals surface area contributed by atoms with Gasteiger partial charge in [-0.1, -0.05) is 11.6 Å². The van der Waals surface area contributed by atoms with Gasteiger partial charge in [-0.25, -0.2) is 4.79 Å². The summed E-state index contributed by atoms with van der Waals surface area (Å²) >= 11 is 5.70. The molecule has 1 heterocycles. The number of rotatable bonds is 4. The zero-order chi connectivity index (χ0) is 15.6. The third-order valence-corrected chi connectivity index (χ3v) is 2.76. The molecular weight excluding hydrogens is 304 g/mol. The maximum Gasteiger partial charge on any atom is 0.353 e. The SMILES string of the molecule is O=C(Nc1cc(C(=O)O)[nH]n1)c1ccc([N+](=O)[O-])c(Cl)c1. The summed E-state index contributed by atoms with van der Waals surface area (Å²) in [5, 5.41) is 27.3. The minimum absolute atomic E-state index is 0.00637. The number of carboxylic acid groups (broad SMARTS) is 1. The van der Waals surface area contributed by atoms with E-state index in [1.807, 2.05) is 0 Å². The minimum Gasteiger partial charge on any atom is -0.477 e. The van der Waals surface area contributed by atoms with Crippen LogP contribution in [0.1, 0.15) is 20.8 Å². The van der Waals surface area contributed by atoms with E-state index in [1.165, 1.54) is 6.07 Å².